The topological polar surface area (TPSA) is 29.9 Å². The quantitative estimate of drug-likeness (QED) is 0.722. The molecule has 1 atom stereocenters. The molecule has 3 rings (SSSR count). The third kappa shape index (κ3) is 3.10. The molecule has 1 unspecified atom stereocenters. The molecule has 4 heteroatoms. The number of hydrogen-bond donors (Lipinski definition) is 1. The summed E-state index contributed by atoms with van der Waals surface area (Å²) in [4.78, 5) is 0. The zero-order valence-electron chi connectivity index (χ0n) is 12.2. The SMILES string of the molecule is CCn1cc(C(C)Nc2ccc3cc(Br)ccc3c2)cn1. The standard InChI is InChI=1S/C17H18BrN3/c1-3-21-11-15(10-19-21)12(2)20-17-7-5-13-8-16(18)6-4-14(13)9-17/h4-12,20H,3H2,1-2H3. The average Bonchev–Trinajstić information content (AvgIpc) is 2.96. The number of nitrogens with one attached hydrogen (secondary N) is 1. The second kappa shape index (κ2) is 5.90. The van der Waals surface area contributed by atoms with Gasteiger partial charge in [-0.25, -0.2) is 0 Å². The van der Waals surface area contributed by atoms with Crippen molar-refractivity contribution in [1.29, 1.82) is 0 Å². The third-order valence-corrected chi connectivity index (χ3v) is 4.16. The summed E-state index contributed by atoms with van der Waals surface area (Å²) >= 11 is 3.51. The second-order valence-electron chi connectivity index (χ2n) is 5.20. The Kier molecular flexibility index (Phi) is 3.97. The van der Waals surface area contributed by atoms with E-state index in [9.17, 15) is 0 Å². The third-order valence-electron chi connectivity index (χ3n) is 3.66. The Bertz CT molecular complexity index is 764. The fraction of sp³-hybridized carbons (Fsp3) is 0.235. The molecule has 0 amide bonds. The van der Waals surface area contributed by atoms with Gasteiger partial charge in [-0.3, -0.25) is 4.68 Å². The van der Waals surface area contributed by atoms with Crippen LogP contribution < -0.4 is 5.32 Å². The van der Waals surface area contributed by atoms with Crippen LogP contribution in [-0.2, 0) is 6.54 Å². The van der Waals surface area contributed by atoms with E-state index < -0.39 is 0 Å². The maximum Gasteiger partial charge on any atom is 0.0542 e. The predicted octanol–water partition coefficient (Wildman–Crippen LogP) is 4.99. The van der Waals surface area contributed by atoms with Gasteiger partial charge < -0.3 is 5.32 Å². The van der Waals surface area contributed by atoms with Crippen LogP contribution in [0.3, 0.4) is 0 Å². The minimum absolute atomic E-state index is 0.234. The van der Waals surface area contributed by atoms with Gasteiger partial charge in [0.25, 0.3) is 0 Å². The number of rotatable bonds is 4. The van der Waals surface area contributed by atoms with Crippen LogP contribution in [0.1, 0.15) is 25.5 Å². The monoisotopic (exact) mass is 343 g/mol. The van der Waals surface area contributed by atoms with Crippen molar-refractivity contribution < 1.29 is 0 Å². The Hall–Kier alpha value is -1.81. The summed E-state index contributed by atoms with van der Waals surface area (Å²) < 4.78 is 3.06. The molecule has 1 N–H and O–H groups in total. The molecule has 3 aromatic rings. The van der Waals surface area contributed by atoms with Crippen LogP contribution in [0.5, 0.6) is 0 Å². The van der Waals surface area contributed by atoms with Gasteiger partial charge in [0.15, 0.2) is 0 Å². The fourth-order valence-electron chi connectivity index (χ4n) is 2.42. The summed E-state index contributed by atoms with van der Waals surface area (Å²) in [5.74, 6) is 0. The van der Waals surface area contributed by atoms with E-state index in [0.29, 0.717) is 0 Å². The van der Waals surface area contributed by atoms with Crippen LogP contribution >= 0.6 is 15.9 Å². The maximum absolute atomic E-state index is 4.33. The van der Waals surface area contributed by atoms with Crippen LogP contribution in [0.25, 0.3) is 10.8 Å². The Morgan fingerprint density at radius 3 is 2.71 bits per heavy atom. The van der Waals surface area contributed by atoms with E-state index in [2.05, 4.69) is 82.8 Å². The normalized spacial score (nSPS) is 12.5. The number of aromatic nitrogens is 2. The highest BCUT2D eigenvalue weighted by Crippen LogP contribution is 2.25. The van der Waals surface area contributed by atoms with Crippen molar-refractivity contribution in [3.63, 3.8) is 0 Å². The molecule has 1 aromatic heterocycles. The van der Waals surface area contributed by atoms with Gasteiger partial charge in [0.1, 0.15) is 0 Å². The van der Waals surface area contributed by atoms with Gasteiger partial charge in [0.05, 0.1) is 12.2 Å². The van der Waals surface area contributed by atoms with Crippen molar-refractivity contribution in [1.82, 2.24) is 9.78 Å². The number of halogens is 1. The summed E-state index contributed by atoms with van der Waals surface area (Å²) in [6.45, 7) is 5.15. The molecule has 1 heterocycles. The number of nitrogens with zero attached hydrogens (tertiary/aromatic N) is 2. The molecule has 0 aliphatic carbocycles. The van der Waals surface area contributed by atoms with Crippen LogP contribution in [0.15, 0.2) is 53.3 Å². The van der Waals surface area contributed by atoms with Crippen molar-refractivity contribution in [2.45, 2.75) is 26.4 Å². The van der Waals surface area contributed by atoms with E-state index in [4.69, 9.17) is 0 Å². The minimum atomic E-state index is 0.234. The summed E-state index contributed by atoms with van der Waals surface area (Å²) in [6, 6.07) is 13.0. The van der Waals surface area contributed by atoms with Gasteiger partial charge in [-0.1, -0.05) is 28.1 Å². The lowest BCUT2D eigenvalue weighted by molar-refractivity contribution is 0.658. The number of hydrogen-bond acceptors (Lipinski definition) is 2. The lowest BCUT2D eigenvalue weighted by Gasteiger charge is -2.14. The summed E-state index contributed by atoms with van der Waals surface area (Å²) in [5.41, 5.74) is 2.33. The Morgan fingerprint density at radius 2 is 1.95 bits per heavy atom. The van der Waals surface area contributed by atoms with E-state index in [1.54, 1.807) is 0 Å². The average molecular weight is 344 g/mol. The number of benzene rings is 2. The maximum atomic E-state index is 4.33. The van der Waals surface area contributed by atoms with E-state index in [1.165, 1.54) is 16.3 Å². The first-order valence-corrected chi connectivity index (χ1v) is 7.93. The highest BCUT2D eigenvalue weighted by molar-refractivity contribution is 9.10. The van der Waals surface area contributed by atoms with Crippen LogP contribution in [-0.4, -0.2) is 9.78 Å². The van der Waals surface area contributed by atoms with Gasteiger partial charge in [-0.2, -0.15) is 5.10 Å². The molecule has 0 saturated heterocycles. The van der Waals surface area contributed by atoms with Crippen LogP contribution in [0.2, 0.25) is 0 Å². The first kappa shape index (κ1) is 14.1. The summed E-state index contributed by atoms with van der Waals surface area (Å²) in [6.07, 6.45) is 4.02. The lowest BCUT2D eigenvalue weighted by Crippen LogP contribution is -2.05. The smallest absolute Gasteiger partial charge is 0.0542 e. The first-order chi connectivity index (χ1) is 10.2. The molecule has 0 bridgehead atoms. The van der Waals surface area contributed by atoms with E-state index >= 15 is 0 Å². The predicted molar refractivity (Wildman–Crippen MR) is 91.6 cm³/mol. The number of fused-ring (bicyclic) bond motifs is 1. The lowest BCUT2D eigenvalue weighted by atomic mass is 10.1. The summed E-state index contributed by atoms with van der Waals surface area (Å²) in [5, 5.41) is 10.3. The Labute approximate surface area is 133 Å². The molecule has 0 fully saturated rings. The highest BCUT2D eigenvalue weighted by Gasteiger charge is 2.08. The molecule has 3 nitrogen and oxygen atoms in total. The fourth-order valence-corrected chi connectivity index (χ4v) is 2.79. The molecule has 108 valence electrons. The Morgan fingerprint density at radius 1 is 1.19 bits per heavy atom. The van der Waals surface area contributed by atoms with Crippen molar-refractivity contribution >= 4 is 32.4 Å². The van der Waals surface area contributed by atoms with E-state index in [1.807, 2.05) is 10.9 Å². The number of anilines is 1. The Balaban J connectivity index is 1.82. The van der Waals surface area contributed by atoms with Crippen LogP contribution in [0.4, 0.5) is 5.69 Å². The van der Waals surface area contributed by atoms with Gasteiger partial charge >= 0.3 is 0 Å². The molecule has 2 aromatic carbocycles. The molecule has 0 saturated carbocycles. The van der Waals surface area contributed by atoms with E-state index in [-0.39, 0.29) is 6.04 Å². The zero-order chi connectivity index (χ0) is 14.8. The van der Waals surface area contributed by atoms with Crippen molar-refractivity contribution in [3.8, 4) is 0 Å². The van der Waals surface area contributed by atoms with Gasteiger partial charge in [-0.05, 0) is 48.9 Å². The molecular formula is C17H18BrN3. The molecule has 0 aliphatic rings. The summed E-state index contributed by atoms with van der Waals surface area (Å²) in [7, 11) is 0. The molecule has 0 radical (unpaired) electrons. The molecule has 21 heavy (non-hydrogen) atoms. The highest BCUT2D eigenvalue weighted by atomic mass is 79.9. The van der Waals surface area contributed by atoms with Crippen LogP contribution in [0, 0.1) is 0 Å². The number of aryl methyl sites for hydroxylation is 1. The van der Waals surface area contributed by atoms with Gasteiger partial charge in [-0.15, -0.1) is 0 Å². The minimum Gasteiger partial charge on any atom is -0.378 e. The van der Waals surface area contributed by atoms with Crippen molar-refractivity contribution in [2.75, 3.05) is 5.32 Å². The van der Waals surface area contributed by atoms with Gasteiger partial charge in [0.2, 0.25) is 0 Å². The molecule has 0 aliphatic heterocycles. The first-order valence-electron chi connectivity index (χ1n) is 7.14. The van der Waals surface area contributed by atoms with Gasteiger partial charge in [0, 0.05) is 28.5 Å². The van der Waals surface area contributed by atoms with Crippen molar-refractivity contribution in [2.24, 2.45) is 0 Å². The zero-order valence-corrected chi connectivity index (χ0v) is 13.8. The van der Waals surface area contributed by atoms with Crippen molar-refractivity contribution in [3.05, 3.63) is 58.8 Å². The molecule has 0 spiro atoms. The second-order valence-corrected chi connectivity index (χ2v) is 6.12. The molecular weight excluding hydrogens is 326 g/mol. The largest absolute Gasteiger partial charge is 0.378 e. The van der Waals surface area contributed by atoms with E-state index in [0.717, 1.165) is 16.7 Å².